The van der Waals surface area contributed by atoms with Crippen LogP contribution in [0.15, 0.2) is 12.1 Å². The van der Waals surface area contributed by atoms with Crippen molar-refractivity contribution in [1.29, 1.82) is 0 Å². The van der Waals surface area contributed by atoms with Crippen LogP contribution < -0.4 is 5.32 Å². The Morgan fingerprint density at radius 2 is 1.95 bits per heavy atom. The first kappa shape index (κ1) is 14.9. The normalized spacial score (nSPS) is 16.2. The van der Waals surface area contributed by atoms with Crippen LogP contribution in [0.25, 0.3) is 0 Å². The van der Waals surface area contributed by atoms with Gasteiger partial charge in [-0.2, -0.15) is 0 Å². The Morgan fingerprint density at radius 1 is 1.30 bits per heavy atom. The Labute approximate surface area is 118 Å². The first-order valence-corrected chi connectivity index (χ1v) is 7.02. The van der Waals surface area contributed by atoms with Crippen LogP contribution in [0, 0.1) is 18.6 Å². The number of piperidine rings is 1. The molecule has 1 amide bonds. The largest absolute Gasteiger partial charge is 0.336 e. The van der Waals surface area contributed by atoms with Gasteiger partial charge in [-0.1, -0.05) is 0 Å². The predicted molar refractivity (Wildman–Crippen MR) is 73.7 cm³/mol. The van der Waals surface area contributed by atoms with Crippen LogP contribution in [0.5, 0.6) is 0 Å². The van der Waals surface area contributed by atoms with Crippen molar-refractivity contribution < 1.29 is 13.6 Å². The fraction of sp³-hybridized carbons (Fsp3) is 0.533. The third-order valence-electron chi connectivity index (χ3n) is 3.83. The molecule has 0 spiro atoms. The predicted octanol–water partition coefficient (Wildman–Crippen LogP) is 2.49. The lowest BCUT2D eigenvalue weighted by atomic mass is 10.0. The Balaban J connectivity index is 2.26. The smallest absolute Gasteiger partial charge is 0.257 e. The van der Waals surface area contributed by atoms with E-state index >= 15 is 0 Å². The van der Waals surface area contributed by atoms with E-state index in [9.17, 15) is 13.6 Å². The van der Waals surface area contributed by atoms with Gasteiger partial charge in [-0.3, -0.25) is 4.79 Å². The summed E-state index contributed by atoms with van der Waals surface area (Å²) >= 11 is 0. The molecule has 110 valence electrons. The number of hydrogen-bond acceptors (Lipinski definition) is 2. The number of nitrogens with zero attached hydrogens (tertiary/aromatic N) is 1. The van der Waals surface area contributed by atoms with Gasteiger partial charge in [-0.05, 0) is 51.4 Å². The van der Waals surface area contributed by atoms with E-state index < -0.39 is 11.6 Å². The van der Waals surface area contributed by atoms with Gasteiger partial charge in [0, 0.05) is 18.7 Å². The Morgan fingerprint density at radius 3 is 2.55 bits per heavy atom. The van der Waals surface area contributed by atoms with Crippen LogP contribution in [0.1, 0.15) is 35.7 Å². The molecule has 0 aromatic heterocycles. The first-order chi connectivity index (χ1) is 9.54. The molecule has 1 N–H and O–H groups in total. The van der Waals surface area contributed by atoms with Crippen LogP contribution in [-0.2, 0) is 0 Å². The maximum atomic E-state index is 13.8. The monoisotopic (exact) mass is 282 g/mol. The number of amides is 1. The molecule has 2 rings (SSSR count). The number of hydrogen-bond donors (Lipinski definition) is 1. The standard InChI is InChI=1S/C15H20F2N2O/c1-3-19(11-4-6-18-7-5-11)15(20)12-8-10(2)13(16)9-14(12)17/h8-9,11,18H,3-7H2,1-2H3. The number of carbonyl (C=O) groups is 1. The maximum absolute atomic E-state index is 13.8. The average molecular weight is 282 g/mol. The van der Waals surface area contributed by atoms with Crippen molar-refractivity contribution in [3.8, 4) is 0 Å². The van der Waals surface area contributed by atoms with Crippen molar-refractivity contribution in [3.05, 3.63) is 34.9 Å². The summed E-state index contributed by atoms with van der Waals surface area (Å²) in [7, 11) is 0. The molecule has 1 saturated heterocycles. The molecule has 0 saturated carbocycles. The van der Waals surface area contributed by atoms with Crippen molar-refractivity contribution in [3.63, 3.8) is 0 Å². The zero-order chi connectivity index (χ0) is 14.7. The van der Waals surface area contributed by atoms with Crippen molar-refractivity contribution in [2.75, 3.05) is 19.6 Å². The highest BCUT2D eigenvalue weighted by atomic mass is 19.1. The molecule has 1 aromatic rings. The molecule has 0 radical (unpaired) electrons. The second-order valence-electron chi connectivity index (χ2n) is 5.15. The summed E-state index contributed by atoms with van der Waals surface area (Å²) in [6.07, 6.45) is 1.72. The Kier molecular flexibility index (Phi) is 4.70. The van der Waals surface area contributed by atoms with E-state index in [2.05, 4.69) is 5.32 Å². The topological polar surface area (TPSA) is 32.3 Å². The van der Waals surface area contributed by atoms with Gasteiger partial charge < -0.3 is 10.2 Å². The quantitative estimate of drug-likeness (QED) is 0.924. The zero-order valence-corrected chi connectivity index (χ0v) is 11.9. The molecule has 0 atom stereocenters. The number of aryl methyl sites for hydroxylation is 1. The minimum absolute atomic E-state index is 0.0377. The fourth-order valence-electron chi connectivity index (χ4n) is 2.66. The van der Waals surface area contributed by atoms with E-state index in [4.69, 9.17) is 0 Å². The van der Waals surface area contributed by atoms with Crippen LogP contribution in [0.2, 0.25) is 0 Å². The van der Waals surface area contributed by atoms with Gasteiger partial charge in [0.05, 0.1) is 5.56 Å². The molecule has 3 nitrogen and oxygen atoms in total. The minimum Gasteiger partial charge on any atom is -0.336 e. The minimum atomic E-state index is -0.787. The van der Waals surface area contributed by atoms with Gasteiger partial charge in [0.1, 0.15) is 11.6 Å². The van der Waals surface area contributed by atoms with E-state index in [1.807, 2.05) is 6.92 Å². The Bertz CT molecular complexity index is 499. The summed E-state index contributed by atoms with van der Waals surface area (Å²) in [5.74, 6) is -1.76. The first-order valence-electron chi connectivity index (χ1n) is 7.02. The molecule has 1 aliphatic heterocycles. The lowest BCUT2D eigenvalue weighted by molar-refractivity contribution is 0.0651. The van der Waals surface area contributed by atoms with E-state index in [1.165, 1.54) is 13.0 Å². The third-order valence-corrected chi connectivity index (χ3v) is 3.83. The highest BCUT2D eigenvalue weighted by molar-refractivity contribution is 5.95. The molecule has 0 aliphatic carbocycles. The maximum Gasteiger partial charge on any atom is 0.257 e. The van der Waals surface area contributed by atoms with Gasteiger partial charge in [-0.15, -0.1) is 0 Å². The van der Waals surface area contributed by atoms with Gasteiger partial charge in [0.25, 0.3) is 5.91 Å². The number of benzene rings is 1. The second-order valence-corrected chi connectivity index (χ2v) is 5.15. The van der Waals surface area contributed by atoms with Crippen LogP contribution in [0.3, 0.4) is 0 Å². The number of nitrogens with one attached hydrogen (secondary N) is 1. The molecule has 0 bridgehead atoms. The SMILES string of the molecule is CCN(C(=O)c1cc(C)c(F)cc1F)C1CCNCC1. The van der Waals surface area contributed by atoms with Crippen molar-refractivity contribution in [1.82, 2.24) is 10.2 Å². The molecule has 1 heterocycles. The summed E-state index contributed by atoms with van der Waals surface area (Å²) < 4.78 is 27.1. The highest BCUT2D eigenvalue weighted by Crippen LogP contribution is 2.20. The van der Waals surface area contributed by atoms with E-state index in [0.717, 1.165) is 32.0 Å². The summed E-state index contributed by atoms with van der Waals surface area (Å²) in [4.78, 5) is 14.2. The van der Waals surface area contributed by atoms with Gasteiger partial charge >= 0.3 is 0 Å². The van der Waals surface area contributed by atoms with E-state index in [0.29, 0.717) is 6.54 Å². The molecule has 1 aromatic carbocycles. The van der Waals surface area contributed by atoms with Crippen LogP contribution in [0.4, 0.5) is 8.78 Å². The lowest BCUT2D eigenvalue weighted by Crippen LogP contribution is -2.46. The lowest BCUT2D eigenvalue weighted by Gasteiger charge is -2.34. The summed E-state index contributed by atoms with van der Waals surface area (Å²) in [6, 6.07) is 2.22. The molecule has 5 heteroatoms. The van der Waals surface area contributed by atoms with Crippen molar-refractivity contribution >= 4 is 5.91 Å². The number of rotatable bonds is 3. The van der Waals surface area contributed by atoms with Gasteiger partial charge in [0.15, 0.2) is 0 Å². The molecule has 20 heavy (non-hydrogen) atoms. The van der Waals surface area contributed by atoms with Crippen LogP contribution >= 0.6 is 0 Å². The van der Waals surface area contributed by atoms with Gasteiger partial charge in [-0.25, -0.2) is 8.78 Å². The fourth-order valence-corrected chi connectivity index (χ4v) is 2.66. The average Bonchev–Trinajstić information content (AvgIpc) is 2.44. The summed E-state index contributed by atoms with van der Waals surface area (Å²) in [5, 5.41) is 3.24. The van der Waals surface area contributed by atoms with Crippen LogP contribution in [-0.4, -0.2) is 36.5 Å². The number of halogens is 2. The second kappa shape index (κ2) is 6.31. The summed E-state index contributed by atoms with van der Waals surface area (Å²) in [5.41, 5.74) is 0.250. The zero-order valence-electron chi connectivity index (χ0n) is 11.9. The molecular formula is C15H20F2N2O. The Hall–Kier alpha value is -1.49. The van der Waals surface area contributed by atoms with E-state index in [-0.39, 0.29) is 23.1 Å². The van der Waals surface area contributed by atoms with Crippen molar-refractivity contribution in [2.24, 2.45) is 0 Å². The molecule has 1 aliphatic rings. The summed E-state index contributed by atoms with van der Waals surface area (Å²) in [6.45, 7) is 5.67. The van der Waals surface area contributed by atoms with Gasteiger partial charge in [0.2, 0.25) is 0 Å². The molecule has 0 unspecified atom stereocenters. The molecular weight excluding hydrogens is 262 g/mol. The number of carbonyl (C=O) groups excluding carboxylic acids is 1. The third kappa shape index (κ3) is 2.98. The molecule has 1 fully saturated rings. The van der Waals surface area contributed by atoms with Crippen molar-refractivity contribution in [2.45, 2.75) is 32.7 Å². The highest BCUT2D eigenvalue weighted by Gasteiger charge is 2.27. The van der Waals surface area contributed by atoms with E-state index in [1.54, 1.807) is 4.90 Å².